The summed E-state index contributed by atoms with van der Waals surface area (Å²) in [6.07, 6.45) is 0. The SMILES string of the molecule is COCCOc1ccc(NC(=O)c2ccc(OC)cc2F)cc1. The lowest BCUT2D eigenvalue weighted by molar-refractivity contribution is 0.102. The molecule has 1 N–H and O–H groups in total. The maximum Gasteiger partial charge on any atom is 0.258 e. The lowest BCUT2D eigenvalue weighted by Crippen LogP contribution is -2.13. The van der Waals surface area contributed by atoms with E-state index >= 15 is 0 Å². The van der Waals surface area contributed by atoms with Crippen molar-refractivity contribution in [2.75, 3.05) is 32.8 Å². The molecule has 0 fully saturated rings. The number of carbonyl (C=O) groups is 1. The Morgan fingerprint density at radius 3 is 2.35 bits per heavy atom. The highest BCUT2D eigenvalue weighted by Gasteiger charge is 2.12. The molecule has 0 aliphatic carbocycles. The number of hydrogen-bond acceptors (Lipinski definition) is 4. The van der Waals surface area contributed by atoms with Gasteiger partial charge in [0, 0.05) is 18.9 Å². The molecule has 2 rings (SSSR count). The van der Waals surface area contributed by atoms with E-state index in [4.69, 9.17) is 14.2 Å². The van der Waals surface area contributed by atoms with Crippen molar-refractivity contribution in [2.24, 2.45) is 0 Å². The van der Waals surface area contributed by atoms with Crippen LogP contribution in [-0.2, 0) is 4.74 Å². The van der Waals surface area contributed by atoms with E-state index in [2.05, 4.69) is 5.32 Å². The van der Waals surface area contributed by atoms with Crippen molar-refractivity contribution in [2.45, 2.75) is 0 Å². The van der Waals surface area contributed by atoms with Gasteiger partial charge < -0.3 is 19.5 Å². The fourth-order valence-electron chi connectivity index (χ4n) is 1.88. The first-order chi connectivity index (χ1) is 11.1. The molecule has 0 atom stereocenters. The van der Waals surface area contributed by atoms with Crippen LogP contribution in [0.25, 0.3) is 0 Å². The van der Waals surface area contributed by atoms with Crippen molar-refractivity contribution in [3.8, 4) is 11.5 Å². The third-order valence-electron chi connectivity index (χ3n) is 3.09. The zero-order valence-corrected chi connectivity index (χ0v) is 13.0. The summed E-state index contributed by atoms with van der Waals surface area (Å²) in [5, 5.41) is 2.63. The van der Waals surface area contributed by atoms with Crippen molar-refractivity contribution in [3.63, 3.8) is 0 Å². The minimum absolute atomic E-state index is 0.0498. The van der Waals surface area contributed by atoms with Crippen LogP contribution in [0, 0.1) is 5.82 Å². The molecule has 2 aromatic rings. The fraction of sp³-hybridized carbons (Fsp3) is 0.235. The summed E-state index contributed by atoms with van der Waals surface area (Å²) >= 11 is 0. The van der Waals surface area contributed by atoms with Crippen LogP contribution < -0.4 is 14.8 Å². The Morgan fingerprint density at radius 1 is 1.04 bits per heavy atom. The predicted molar refractivity (Wildman–Crippen MR) is 84.7 cm³/mol. The number of nitrogens with one attached hydrogen (secondary N) is 1. The Kier molecular flexibility index (Phi) is 5.94. The van der Waals surface area contributed by atoms with Gasteiger partial charge in [-0.15, -0.1) is 0 Å². The second kappa shape index (κ2) is 8.14. The van der Waals surface area contributed by atoms with Gasteiger partial charge in [0.15, 0.2) is 0 Å². The number of ether oxygens (including phenoxy) is 3. The molecule has 0 spiro atoms. The minimum atomic E-state index is -0.638. The van der Waals surface area contributed by atoms with E-state index in [1.54, 1.807) is 31.4 Å². The number of amides is 1. The molecule has 23 heavy (non-hydrogen) atoms. The van der Waals surface area contributed by atoms with E-state index in [9.17, 15) is 9.18 Å². The molecule has 0 aliphatic rings. The largest absolute Gasteiger partial charge is 0.497 e. The Morgan fingerprint density at radius 2 is 1.74 bits per heavy atom. The van der Waals surface area contributed by atoms with Crippen LogP contribution >= 0.6 is 0 Å². The van der Waals surface area contributed by atoms with Crippen molar-refractivity contribution in [3.05, 3.63) is 53.8 Å². The normalized spacial score (nSPS) is 10.2. The van der Waals surface area contributed by atoms with Crippen LogP contribution in [0.4, 0.5) is 10.1 Å². The Labute approximate surface area is 134 Å². The van der Waals surface area contributed by atoms with Crippen LogP contribution in [0.3, 0.4) is 0 Å². The summed E-state index contributed by atoms with van der Waals surface area (Å²) in [6, 6.07) is 10.9. The van der Waals surface area contributed by atoms with Gasteiger partial charge in [-0.1, -0.05) is 0 Å². The van der Waals surface area contributed by atoms with E-state index in [-0.39, 0.29) is 5.56 Å². The number of methoxy groups -OCH3 is 2. The molecule has 0 heterocycles. The highest BCUT2D eigenvalue weighted by Crippen LogP contribution is 2.19. The third kappa shape index (κ3) is 4.69. The molecule has 0 saturated heterocycles. The fourth-order valence-corrected chi connectivity index (χ4v) is 1.88. The van der Waals surface area contributed by atoms with E-state index in [0.29, 0.717) is 30.4 Å². The average molecular weight is 319 g/mol. The van der Waals surface area contributed by atoms with Gasteiger partial charge in [-0.05, 0) is 36.4 Å². The van der Waals surface area contributed by atoms with E-state index in [0.717, 1.165) is 0 Å². The second-order valence-electron chi connectivity index (χ2n) is 4.67. The van der Waals surface area contributed by atoms with Crippen LogP contribution in [0.15, 0.2) is 42.5 Å². The molecule has 0 aliphatic heterocycles. The molecular weight excluding hydrogens is 301 g/mol. The zero-order chi connectivity index (χ0) is 16.7. The van der Waals surface area contributed by atoms with Gasteiger partial charge in [0.1, 0.15) is 23.9 Å². The number of benzene rings is 2. The number of halogens is 1. The van der Waals surface area contributed by atoms with Crippen LogP contribution in [0.1, 0.15) is 10.4 Å². The summed E-state index contributed by atoms with van der Waals surface area (Å²) in [5.74, 6) is -0.146. The average Bonchev–Trinajstić information content (AvgIpc) is 2.56. The van der Waals surface area contributed by atoms with Gasteiger partial charge in [-0.3, -0.25) is 4.79 Å². The molecule has 6 heteroatoms. The van der Waals surface area contributed by atoms with Crippen LogP contribution in [-0.4, -0.2) is 33.3 Å². The summed E-state index contributed by atoms with van der Waals surface area (Å²) in [5.41, 5.74) is 0.496. The lowest BCUT2D eigenvalue weighted by Gasteiger charge is -2.09. The van der Waals surface area contributed by atoms with Gasteiger partial charge in [0.2, 0.25) is 0 Å². The zero-order valence-electron chi connectivity index (χ0n) is 13.0. The van der Waals surface area contributed by atoms with Gasteiger partial charge >= 0.3 is 0 Å². The summed E-state index contributed by atoms with van der Waals surface area (Å²) in [7, 11) is 3.03. The van der Waals surface area contributed by atoms with Crippen LogP contribution in [0.2, 0.25) is 0 Å². The van der Waals surface area contributed by atoms with E-state index < -0.39 is 11.7 Å². The van der Waals surface area contributed by atoms with E-state index in [1.165, 1.54) is 25.3 Å². The third-order valence-corrected chi connectivity index (χ3v) is 3.09. The van der Waals surface area contributed by atoms with Crippen molar-refractivity contribution in [1.82, 2.24) is 0 Å². The summed E-state index contributed by atoms with van der Waals surface area (Å²) in [4.78, 5) is 12.1. The first-order valence-electron chi connectivity index (χ1n) is 7.00. The van der Waals surface area contributed by atoms with Crippen molar-refractivity contribution < 1.29 is 23.4 Å². The maximum absolute atomic E-state index is 13.9. The number of rotatable bonds is 7. The smallest absolute Gasteiger partial charge is 0.258 e. The number of hydrogen-bond donors (Lipinski definition) is 1. The Bertz CT molecular complexity index is 658. The Hall–Kier alpha value is -2.60. The lowest BCUT2D eigenvalue weighted by atomic mass is 10.2. The maximum atomic E-state index is 13.9. The van der Waals surface area contributed by atoms with E-state index in [1.807, 2.05) is 0 Å². The highest BCUT2D eigenvalue weighted by atomic mass is 19.1. The van der Waals surface area contributed by atoms with Crippen molar-refractivity contribution in [1.29, 1.82) is 0 Å². The van der Waals surface area contributed by atoms with Gasteiger partial charge in [0.25, 0.3) is 5.91 Å². The van der Waals surface area contributed by atoms with Gasteiger partial charge in [-0.25, -0.2) is 4.39 Å². The van der Waals surface area contributed by atoms with Crippen LogP contribution in [0.5, 0.6) is 11.5 Å². The van der Waals surface area contributed by atoms with Gasteiger partial charge in [0.05, 0.1) is 19.3 Å². The second-order valence-corrected chi connectivity index (χ2v) is 4.67. The molecule has 1 amide bonds. The standard InChI is InChI=1S/C17H18FNO4/c1-21-9-10-23-13-5-3-12(4-6-13)19-17(20)15-8-7-14(22-2)11-16(15)18/h3-8,11H,9-10H2,1-2H3,(H,19,20). The molecule has 0 unspecified atom stereocenters. The molecular formula is C17H18FNO4. The number of anilines is 1. The molecule has 0 bridgehead atoms. The first-order valence-corrected chi connectivity index (χ1v) is 7.00. The van der Waals surface area contributed by atoms with Crippen molar-refractivity contribution >= 4 is 11.6 Å². The molecule has 5 nitrogen and oxygen atoms in total. The topological polar surface area (TPSA) is 56.8 Å². The molecule has 0 saturated carbocycles. The molecule has 0 aromatic heterocycles. The molecule has 2 aromatic carbocycles. The quantitative estimate of drug-likeness (QED) is 0.797. The predicted octanol–water partition coefficient (Wildman–Crippen LogP) is 3.11. The monoisotopic (exact) mass is 319 g/mol. The van der Waals surface area contributed by atoms with Gasteiger partial charge in [-0.2, -0.15) is 0 Å². The molecule has 0 radical (unpaired) electrons. The summed E-state index contributed by atoms with van der Waals surface area (Å²) in [6.45, 7) is 0.939. The first kappa shape index (κ1) is 16.8. The Balaban J connectivity index is 2.00. The molecule has 122 valence electrons. The number of carbonyl (C=O) groups excluding carboxylic acids is 1. The minimum Gasteiger partial charge on any atom is -0.497 e. The summed E-state index contributed by atoms with van der Waals surface area (Å²) < 4.78 is 29.1. The highest BCUT2D eigenvalue weighted by molar-refractivity contribution is 6.04.